The van der Waals surface area contributed by atoms with Gasteiger partial charge in [0, 0.05) is 19.6 Å². The third-order valence-electron chi connectivity index (χ3n) is 7.20. The van der Waals surface area contributed by atoms with Crippen LogP contribution in [0.1, 0.15) is 125 Å². The molecule has 0 bridgehead atoms. The largest absolute Gasteiger partial charge is 0.457 e. The van der Waals surface area contributed by atoms with Gasteiger partial charge in [0.2, 0.25) is 0 Å². The predicted octanol–water partition coefficient (Wildman–Crippen LogP) is 7.84. The molecule has 0 saturated heterocycles. The molecule has 0 aromatic rings. The van der Waals surface area contributed by atoms with E-state index in [-0.39, 0.29) is 31.8 Å². The molecule has 8 heteroatoms. The summed E-state index contributed by atoms with van der Waals surface area (Å²) in [7, 11) is -3.76. The zero-order valence-electron chi connectivity index (χ0n) is 25.8. The maximum atomic E-state index is 12.4. The van der Waals surface area contributed by atoms with Crippen LogP contribution < -0.4 is 0 Å². The molecule has 0 radical (unpaired) electrons. The Morgan fingerprint density at radius 1 is 0.816 bits per heavy atom. The summed E-state index contributed by atoms with van der Waals surface area (Å²) in [5, 5.41) is 0. The van der Waals surface area contributed by atoms with Crippen molar-refractivity contribution in [2.45, 2.75) is 131 Å². The minimum absolute atomic E-state index is 0.0535. The van der Waals surface area contributed by atoms with Crippen LogP contribution in [0.2, 0.25) is 0 Å². The van der Waals surface area contributed by atoms with Gasteiger partial charge in [0.25, 0.3) is 0 Å². The number of unbranched alkanes of at least 4 members (excludes halogenated alkanes) is 9. The van der Waals surface area contributed by atoms with Gasteiger partial charge in [0.15, 0.2) is 0 Å². The highest BCUT2D eigenvalue weighted by molar-refractivity contribution is 7.52. The van der Waals surface area contributed by atoms with E-state index in [0.717, 1.165) is 19.5 Å². The quantitative estimate of drug-likeness (QED) is 0.0619. The number of ether oxygens (including phenoxy) is 2. The molecule has 228 valence electrons. The minimum atomic E-state index is -3.76. The average molecular weight is 564 g/mol. The fraction of sp³-hybridized carbons (Fsp3) is 0.967. The van der Waals surface area contributed by atoms with Crippen LogP contribution >= 0.6 is 7.60 Å². The van der Waals surface area contributed by atoms with Gasteiger partial charge in [0.1, 0.15) is 6.10 Å². The molecule has 0 spiro atoms. The lowest BCUT2D eigenvalue weighted by atomic mass is 9.93. The molecule has 0 aromatic carbocycles. The molecule has 0 aliphatic rings. The minimum Gasteiger partial charge on any atom is -0.457 e. The van der Waals surface area contributed by atoms with Crippen molar-refractivity contribution in [3.05, 3.63) is 0 Å². The molecule has 4 atom stereocenters. The van der Waals surface area contributed by atoms with E-state index in [9.17, 15) is 14.3 Å². The summed E-state index contributed by atoms with van der Waals surface area (Å²) in [5.41, 5.74) is 0. The first-order valence-corrected chi connectivity index (χ1v) is 17.4. The molecule has 1 N–H and O–H groups in total. The molecular formula is C30H62NO6P. The Hall–Kier alpha value is -0.460. The predicted molar refractivity (Wildman–Crippen MR) is 159 cm³/mol. The van der Waals surface area contributed by atoms with Gasteiger partial charge in [-0.05, 0) is 31.3 Å². The Kier molecular flexibility index (Phi) is 24.1. The number of carbonyl (C=O) groups excluding carboxylic acids is 1. The second-order valence-corrected chi connectivity index (χ2v) is 13.1. The molecule has 0 heterocycles. The van der Waals surface area contributed by atoms with Crippen LogP contribution in [0.5, 0.6) is 0 Å². The molecule has 38 heavy (non-hydrogen) atoms. The Labute approximate surface area is 235 Å². The SMILES string of the molecule is CCCCCCCCCCCCC(C)CC(C)COCC(COP(=O)(O)CCN(CC)CC)OC(=O)CC. The second kappa shape index (κ2) is 24.3. The van der Waals surface area contributed by atoms with E-state index in [0.29, 0.717) is 25.0 Å². The number of carbonyl (C=O) groups is 1. The van der Waals surface area contributed by atoms with Crippen molar-refractivity contribution in [2.75, 3.05) is 45.6 Å². The summed E-state index contributed by atoms with van der Waals surface area (Å²) >= 11 is 0. The highest BCUT2D eigenvalue weighted by Crippen LogP contribution is 2.41. The third kappa shape index (κ3) is 22.4. The molecule has 0 saturated carbocycles. The van der Waals surface area contributed by atoms with Gasteiger partial charge < -0.3 is 23.8 Å². The standard InChI is InChI=1S/C30H62NO6P/c1-7-11-12-13-14-15-16-17-18-19-20-27(5)23-28(6)24-35-25-29(37-30(32)8-2)26-36-38(33,34)22-21-31(9-3)10-4/h27-29H,7-26H2,1-6H3,(H,33,34). The van der Waals surface area contributed by atoms with Gasteiger partial charge in [-0.1, -0.05) is 112 Å². The summed E-state index contributed by atoms with van der Waals surface area (Å²) in [4.78, 5) is 24.1. The Balaban J connectivity index is 4.19. The smallest absolute Gasteiger partial charge is 0.329 e. The Morgan fingerprint density at radius 2 is 1.39 bits per heavy atom. The van der Waals surface area contributed by atoms with Gasteiger partial charge in [-0.15, -0.1) is 0 Å². The van der Waals surface area contributed by atoms with Gasteiger partial charge in [0.05, 0.1) is 19.4 Å². The molecule has 0 aliphatic heterocycles. The van der Waals surface area contributed by atoms with Crippen LogP contribution in [-0.4, -0.2) is 67.5 Å². The second-order valence-electron chi connectivity index (χ2n) is 11.1. The van der Waals surface area contributed by atoms with Crippen molar-refractivity contribution in [2.24, 2.45) is 11.8 Å². The number of nitrogens with zero attached hydrogens (tertiary/aromatic N) is 1. The van der Waals surface area contributed by atoms with Crippen molar-refractivity contribution in [3.8, 4) is 0 Å². The summed E-state index contributed by atoms with van der Waals surface area (Å²) in [6.45, 7) is 15.3. The fourth-order valence-electron chi connectivity index (χ4n) is 4.71. The van der Waals surface area contributed by atoms with E-state index in [1.54, 1.807) is 6.92 Å². The molecule has 7 nitrogen and oxygen atoms in total. The Morgan fingerprint density at radius 3 is 1.95 bits per heavy atom. The number of hydrogen-bond acceptors (Lipinski definition) is 6. The van der Waals surface area contributed by atoms with Crippen LogP contribution in [0.4, 0.5) is 0 Å². The lowest BCUT2D eigenvalue weighted by molar-refractivity contribution is -0.154. The summed E-state index contributed by atoms with van der Waals surface area (Å²) in [5.74, 6) is 0.691. The van der Waals surface area contributed by atoms with Crippen molar-refractivity contribution < 1.29 is 28.3 Å². The monoisotopic (exact) mass is 563 g/mol. The lowest BCUT2D eigenvalue weighted by Crippen LogP contribution is -2.30. The molecule has 0 aliphatic carbocycles. The summed E-state index contributed by atoms with van der Waals surface area (Å²) < 4.78 is 29.1. The molecular weight excluding hydrogens is 501 g/mol. The topological polar surface area (TPSA) is 85.3 Å². The highest BCUT2D eigenvalue weighted by atomic mass is 31.2. The molecule has 4 unspecified atom stereocenters. The van der Waals surface area contributed by atoms with E-state index in [1.165, 1.54) is 70.6 Å². The molecule has 0 aromatic heterocycles. The van der Waals surface area contributed by atoms with Crippen LogP contribution in [0, 0.1) is 11.8 Å². The highest BCUT2D eigenvalue weighted by Gasteiger charge is 2.24. The first-order chi connectivity index (χ1) is 18.2. The van der Waals surface area contributed by atoms with E-state index in [4.69, 9.17) is 14.0 Å². The van der Waals surface area contributed by atoms with E-state index >= 15 is 0 Å². The van der Waals surface area contributed by atoms with E-state index in [1.807, 2.05) is 13.8 Å². The molecule has 0 rings (SSSR count). The van der Waals surface area contributed by atoms with E-state index in [2.05, 4.69) is 25.7 Å². The first-order valence-electron chi connectivity index (χ1n) is 15.6. The van der Waals surface area contributed by atoms with Gasteiger partial charge in [-0.2, -0.15) is 0 Å². The summed E-state index contributed by atoms with van der Waals surface area (Å²) in [6, 6.07) is 0. The van der Waals surface area contributed by atoms with Crippen molar-refractivity contribution in [3.63, 3.8) is 0 Å². The van der Waals surface area contributed by atoms with Crippen LogP contribution in [0.25, 0.3) is 0 Å². The van der Waals surface area contributed by atoms with Crippen molar-refractivity contribution in [1.82, 2.24) is 4.90 Å². The maximum absolute atomic E-state index is 12.4. The third-order valence-corrected chi connectivity index (χ3v) is 8.52. The zero-order valence-corrected chi connectivity index (χ0v) is 26.7. The fourth-order valence-corrected chi connectivity index (χ4v) is 5.77. The molecule has 0 fully saturated rings. The van der Waals surface area contributed by atoms with Crippen LogP contribution in [0.15, 0.2) is 0 Å². The maximum Gasteiger partial charge on any atom is 0.329 e. The first kappa shape index (κ1) is 37.5. The lowest BCUT2D eigenvalue weighted by Gasteiger charge is -2.23. The van der Waals surface area contributed by atoms with Gasteiger partial charge >= 0.3 is 13.6 Å². The Bertz CT molecular complexity index is 601. The van der Waals surface area contributed by atoms with Gasteiger partial charge in [-0.3, -0.25) is 9.36 Å². The van der Waals surface area contributed by atoms with Crippen molar-refractivity contribution >= 4 is 13.6 Å². The number of hydrogen-bond donors (Lipinski definition) is 1. The molecule has 0 amide bonds. The normalized spacial score (nSPS) is 15.8. The van der Waals surface area contributed by atoms with E-state index < -0.39 is 13.7 Å². The number of esters is 1. The van der Waals surface area contributed by atoms with Crippen LogP contribution in [0.3, 0.4) is 0 Å². The van der Waals surface area contributed by atoms with Crippen molar-refractivity contribution in [1.29, 1.82) is 0 Å². The zero-order chi connectivity index (χ0) is 28.7. The average Bonchev–Trinajstić information content (AvgIpc) is 2.88. The number of rotatable bonds is 27. The van der Waals surface area contributed by atoms with Crippen LogP contribution in [-0.2, 0) is 23.4 Å². The summed E-state index contributed by atoms with van der Waals surface area (Å²) in [6.07, 6.45) is 15.6. The van der Waals surface area contributed by atoms with Gasteiger partial charge in [-0.25, -0.2) is 0 Å².